The second kappa shape index (κ2) is 6.32. The number of Topliss-reactive ketones (excluding diaryl/α,β-unsaturated/α-hetero) is 1. The largest absolute Gasteiger partial charge is 0.454 e. The summed E-state index contributed by atoms with van der Waals surface area (Å²) >= 11 is 0. The quantitative estimate of drug-likeness (QED) is 0.294. The van der Waals surface area contributed by atoms with E-state index < -0.39 is 5.60 Å². The summed E-state index contributed by atoms with van der Waals surface area (Å²) < 4.78 is 11.2. The summed E-state index contributed by atoms with van der Waals surface area (Å²) in [4.78, 5) is 24.6. The molecule has 0 aromatic rings. The zero-order chi connectivity index (χ0) is 17.5. The fourth-order valence-corrected chi connectivity index (χ4v) is 3.63. The van der Waals surface area contributed by atoms with E-state index >= 15 is 0 Å². The Morgan fingerprint density at radius 1 is 1.21 bits per heavy atom. The summed E-state index contributed by atoms with van der Waals surface area (Å²) in [6, 6.07) is 0. The minimum atomic E-state index is -0.709. The second-order valence-electron chi connectivity index (χ2n) is 7.48. The minimum Gasteiger partial charge on any atom is -0.454 e. The Bertz CT molecular complexity index is 642. The Labute approximate surface area is 143 Å². The highest BCUT2D eigenvalue weighted by Gasteiger charge is 2.58. The Morgan fingerprint density at radius 2 is 1.96 bits per heavy atom. The molecule has 2 heterocycles. The average molecular weight is 330 g/mol. The Morgan fingerprint density at radius 3 is 2.71 bits per heavy atom. The molecule has 2 fully saturated rings. The molecule has 0 spiro atoms. The second-order valence-corrected chi connectivity index (χ2v) is 7.48. The number of epoxide rings is 1. The number of rotatable bonds is 0. The van der Waals surface area contributed by atoms with E-state index in [-0.39, 0.29) is 36.3 Å². The molecule has 4 atom stereocenters. The monoisotopic (exact) mass is 330 g/mol. The zero-order valence-corrected chi connectivity index (χ0v) is 14.8. The number of carbonyl (C=O) groups excluding carboxylic acids is 2. The van der Waals surface area contributed by atoms with Crippen LogP contribution in [0.15, 0.2) is 35.5 Å². The minimum absolute atomic E-state index is 0.0155. The molecule has 4 unspecified atom stereocenters. The van der Waals surface area contributed by atoms with E-state index in [2.05, 4.69) is 19.6 Å². The highest BCUT2D eigenvalue weighted by atomic mass is 16.6. The van der Waals surface area contributed by atoms with Gasteiger partial charge in [0.15, 0.2) is 5.78 Å². The fourth-order valence-electron chi connectivity index (χ4n) is 3.63. The highest BCUT2D eigenvalue weighted by molar-refractivity contribution is 5.95. The van der Waals surface area contributed by atoms with E-state index in [0.717, 1.165) is 25.7 Å². The number of esters is 1. The number of hydrogen-bond donors (Lipinski definition) is 0. The molecule has 1 aliphatic carbocycles. The SMILES string of the molecule is C=C1C(=O)OC2C=C(C)CCC=C(C)CCC3OC3(C)C(=O)CC12. The van der Waals surface area contributed by atoms with E-state index in [1.165, 1.54) is 11.1 Å². The van der Waals surface area contributed by atoms with Gasteiger partial charge in [-0.25, -0.2) is 4.79 Å². The molecule has 4 nitrogen and oxygen atoms in total. The number of fused-ring (bicyclic) bond motifs is 2. The maximum atomic E-state index is 12.7. The van der Waals surface area contributed by atoms with Crippen molar-refractivity contribution in [1.29, 1.82) is 0 Å². The van der Waals surface area contributed by atoms with Crippen molar-refractivity contribution in [3.05, 3.63) is 35.5 Å². The van der Waals surface area contributed by atoms with Crippen LogP contribution in [0.4, 0.5) is 0 Å². The molecule has 0 N–H and O–H groups in total. The molecular weight excluding hydrogens is 304 g/mol. The number of allylic oxidation sites excluding steroid dienone is 3. The lowest BCUT2D eigenvalue weighted by Gasteiger charge is -2.17. The summed E-state index contributed by atoms with van der Waals surface area (Å²) in [5, 5.41) is 0. The number of hydrogen-bond acceptors (Lipinski definition) is 4. The fraction of sp³-hybridized carbons (Fsp3) is 0.600. The molecule has 2 saturated heterocycles. The molecule has 3 aliphatic rings. The molecule has 4 heteroatoms. The Kier molecular flexibility index (Phi) is 4.52. The van der Waals surface area contributed by atoms with Gasteiger partial charge in [-0.05, 0) is 52.5 Å². The smallest absolute Gasteiger partial charge is 0.334 e. The van der Waals surface area contributed by atoms with E-state index in [4.69, 9.17) is 9.47 Å². The predicted molar refractivity (Wildman–Crippen MR) is 91.4 cm³/mol. The lowest BCUT2D eigenvalue weighted by Crippen LogP contribution is -2.29. The van der Waals surface area contributed by atoms with Crippen LogP contribution in [0.2, 0.25) is 0 Å². The molecule has 0 aromatic heterocycles. The molecule has 0 saturated carbocycles. The standard InChI is InChI=1S/C20H26O4/c1-12-6-5-7-13(2)10-16-15(14(3)19(22)23-16)11-17(21)20(4)18(24-20)9-8-12/h6,10,15-16,18H,3,5,7-9,11H2,1-2,4H3. The molecule has 0 aromatic carbocycles. The Hall–Kier alpha value is -1.68. The first-order chi connectivity index (χ1) is 11.3. The van der Waals surface area contributed by atoms with Crippen molar-refractivity contribution in [1.82, 2.24) is 0 Å². The van der Waals surface area contributed by atoms with Crippen LogP contribution < -0.4 is 0 Å². The van der Waals surface area contributed by atoms with Crippen molar-refractivity contribution < 1.29 is 19.1 Å². The van der Waals surface area contributed by atoms with Gasteiger partial charge in [0, 0.05) is 17.9 Å². The number of carbonyl (C=O) groups is 2. The van der Waals surface area contributed by atoms with Crippen LogP contribution in [-0.4, -0.2) is 29.6 Å². The molecular formula is C20H26O4. The van der Waals surface area contributed by atoms with Gasteiger partial charge < -0.3 is 9.47 Å². The van der Waals surface area contributed by atoms with Crippen molar-refractivity contribution in [3.8, 4) is 0 Å². The van der Waals surface area contributed by atoms with E-state index in [9.17, 15) is 9.59 Å². The third-order valence-corrected chi connectivity index (χ3v) is 5.53. The molecule has 0 bridgehead atoms. The topological polar surface area (TPSA) is 55.9 Å². The van der Waals surface area contributed by atoms with Crippen LogP contribution >= 0.6 is 0 Å². The van der Waals surface area contributed by atoms with Gasteiger partial charge in [-0.2, -0.15) is 0 Å². The van der Waals surface area contributed by atoms with Gasteiger partial charge in [0.05, 0.1) is 6.10 Å². The van der Waals surface area contributed by atoms with Crippen LogP contribution in [-0.2, 0) is 19.1 Å². The maximum absolute atomic E-state index is 12.7. The Balaban J connectivity index is 1.86. The summed E-state index contributed by atoms with van der Waals surface area (Å²) in [5.41, 5.74) is 2.21. The third kappa shape index (κ3) is 3.25. The van der Waals surface area contributed by atoms with Crippen molar-refractivity contribution >= 4 is 11.8 Å². The van der Waals surface area contributed by atoms with Crippen molar-refractivity contribution in [3.63, 3.8) is 0 Å². The van der Waals surface area contributed by atoms with Gasteiger partial charge in [-0.3, -0.25) is 4.79 Å². The van der Waals surface area contributed by atoms with Gasteiger partial charge in [0.2, 0.25) is 0 Å². The average Bonchev–Trinajstić information content (AvgIpc) is 3.13. The summed E-state index contributed by atoms with van der Waals surface area (Å²) in [6.45, 7) is 9.88. The van der Waals surface area contributed by atoms with Crippen LogP contribution in [0.25, 0.3) is 0 Å². The van der Waals surface area contributed by atoms with Crippen molar-refractivity contribution in [2.75, 3.05) is 0 Å². The van der Waals surface area contributed by atoms with E-state index in [1.54, 1.807) is 0 Å². The van der Waals surface area contributed by atoms with Gasteiger partial charge >= 0.3 is 5.97 Å². The number of ketones is 1. The first-order valence-corrected chi connectivity index (χ1v) is 8.75. The third-order valence-electron chi connectivity index (χ3n) is 5.53. The maximum Gasteiger partial charge on any atom is 0.334 e. The van der Waals surface area contributed by atoms with E-state index in [0.29, 0.717) is 5.57 Å². The van der Waals surface area contributed by atoms with Crippen LogP contribution in [0.1, 0.15) is 52.9 Å². The summed E-state index contributed by atoms with van der Waals surface area (Å²) in [7, 11) is 0. The van der Waals surface area contributed by atoms with Gasteiger partial charge in [0.1, 0.15) is 11.7 Å². The van der Waals surface area contributed by atoms with Crippen molar-refractivity contribution in [2.24, 2.45) is 5.92 Å². The first kappa shape index (κ1) is 17.2. The van der Waals surface area contributed by atoms with Crippen LogP contribution in [0.3, 0.4) is 0 Å². The summed E-state index contributed by atoms with van der Waals surface area (Å²) in [6.07, 6.45) is 7.80. The molecule has 0 radical (unpaired) electrons. The van der Waals surface area contributed by atoms with Crippen LogP contribution in [0, 0.1) is 5.92 Å². The highest BCUT2D eigenvalue weighted by Crippen LogP contribution is 2.44. The number of ether oxygens (including phenoxy) is 2. The zero-order valence-electron chi connectivity index (χ0n) is 14.8. The van der Waals surface area contributed by atoms with Crippen molar-refractivity contribution in [2.45, 2.75) is 70.7 Å². The summed E-state index contributed by atoms with van der Waals surface area (Å²) in [5.74, 6) is -0.617. The molecule has 130 valence electrons. The molecule has 0 amide bonds. The molecule has 24 heavy (non-hydrogen) atoms. The lowest BCUT2D eigenvalue weighted by molar-refractivity contribution is -0.137. The predicted octanol–water partition coefficient (Wildman–Crippen LogP) is 3.67. The van der Waals surface area contributed by atoms with E-state index in [1.807, 2.05) is 19.9 Å². The van der Waals surface area contributed by atoms with Crippen LogP contribution in [0.5, 0.6) is 0 Å². The molecule has 3 rings (SSSR count). The van der Waals surface area contributed by atoms with Gasteiger partial charge in [0.25, 0.3) is 0 Å². The lowest BCUT2D eigenvalue weighted by atomic mass is 9.85. The normalized spacial score (nSPS) is 37.6. The first-order valence-electron chi connectivity index (χ1n) is 8.75. The molecule has 2 aliphatic heterocycles. The van der Waals surface area contributed by atoms with Gasteiger partial charge in [-0.15, -0.1) is 0 Å². The van der Waals surface area contributed by atoms with Gasteiger partial charge in [-0.1, -0.05) is 23.8 Å².